The smallest absolute Gasteiger partial charge is 0.234 e. The Hall–Kier alpha value is -2.59. The van der Waals surface area contributed by atoms with E-state index >= 15 is 0 Å². The molecule has 0 N–H and O–H groups in total. The van der Waals surface area contributed by atoms with Crippen molar-refractivity contribution < 1.29 is 13.9 Å². The summed E-state index contributed by atoms with van der Waals surface area (Å²) < 4.78 is 12.1. The number of hydrogen-bond donors (Lipinski definition) is 0. The lowest BCUT2D eigenvalue weighted by molar-refractivity contribution is -0.118. The van der Waals surface area contributed by atoms with Crippen LogP contribution in [0.3, 0.4) is 0 Å². The van der Waals surface area contributed by atoms with Gasteiger partial charge in [0.05, 0.1) is 5.39 Å². The second kappa shape index (κ2) is 5.45. The van der Waals surface area contributed by atoms with E-state index in [0.717, 1.165) is 5.56 Å². The van der Waals surface area contributed by atoms with Gasteiger partial charge < -0.3 is 9.15 Å². The van der Waals surface area contributed by atoms with Crippen LogP contribution < -0.4 is 10.2 Å². The maximum atomic E-state index is 13.0. The van der Waals surface area contributed by atoms with E-state index in [4.69, 9.17) is 20.8 Å². The van der Waals surface area contributed by atoms with Crippen LogP contribution in [0.25, 0.3) is 11.0 Å². The minimum atomic E-state index is -0.331. The summed E-state index contributed by atoms with van der Waals surface area (Å²) in [7, 11) is 0. The van der Waals surface area contributed by atoms with Crippen LogP contribution >= 0.6 is 11.6 Å². The standard InChI is InChI=1S/C21H15ClO4/c1-10(23)15-16-17(15)20-21(26-19(16)11-5-3-2-4-6-11)18(24)13-9-12(22)7-8-14(13)25-20/h2-9,15-17,19H,1H3/t15-,16-,17+,19+/m1/s1. The van der Waals surface area contributed by atoms with E-state index in [1.165, 1.54) is 0 Å². The average Bonchev–Trinajstić information content (AvgIpc) is 3.39. The minimum absolute atomic E-state index is 0.00435. The lowest BCUT2D eigenvalue weighted by Crippen LogP contribution is -2.21. The fourth-order valence-corrected chi connectivity index (χ4v) is 4.38. The number of carbonyl (C=O) groups is 1. The molecular weight excluding hydrogens is 352 g/mol. The first-order valence-corrected chi connectivity index (χ1v) is 8.92. The SMILES string of the molecule is CC(=O)[C@H]1[C@@H]2c3oc4ccc(Cl)cc4c(=O)c3O[C@@H](c3ccccc3)[C@H]12. The maximum absolute atomic E-state index is 13.0. The van der Waals surface area contributed by atoms with Gasteiger partial charge in [-0.05, 0) is 30.7 Å². The molecular formula is C21H15ClO4. The highest BCUT2D eigenvalue weighted by Gasteiger charge is 2.64. The highest BCUT2D eigenvalue weighted by atomic mass is 35.5. The number of rotatable bonds is 2. The number of carbonyl (C=O) groups excluding carboxylic acids is 1. The Kier molecular flexibility index (Phi) is 3.28. The first-order valence-electron chi connectivity index (χ1n) is 8.54. The predicted molar refractivity (Wildman–Crippen MR) is 97.7 cm³/mol. The monoisotopic (exact) mass is 366 g/mol. The molecule has 2 aromatic carbocycles. The van der Waals surface area contributed by atoms with Gasteiger partial charge in [-0.15, -0.1) is 0 Å². The van der Waals surface area contributed by atoms with Crippen molar-refractivity contribution in [2.24, 2.45) is 11.8 Å². The summed E-state index contributed by atoms with van der Waals surface area (Å²) in [6.45, 7) is 1.59. The maximum Gasteiger partial charge on any atom is 0.234 e. The van der Waals surface area contributed by atoms with E-state index in [1.54, 1.807) is 25.1 Å². The van der Waals surface area contributed by atoms with Crippen molar-refractivity contribution in [3.8, 4) is 5.75 Å². The molecule has 0 unspecified atom stereocenters. The Morgan fingerprint density at radius 1 is 1.12 bits per heavy atom. The number of halogens is 1. The van der Waals surface area contributed by atoms with Crippen LogP contribution in [0.1, 0.15) is 30.3 Å². The van der Waals surface area contributed by atoms with Crippen molar-refractivity contribution in [3.63, 3.8) is 0 Å². The van der Waals surface area contributed by atoms with Gasteiger partial charge in [0, 0.05) is 22.8 Å². The zero-order valence-electron chi connectivity index (χ0n) is 13.9. The van der Waals surface area contributed by atoms with Gasteiger partial charge in [-0.1, -0.05) is 41.9 Å². The molecule has 3 aromatic rings. The summed E-state index contributed by atoms with van der Waals surface area (Å²) in [4.78, 5) is 25.2. The molecule has 1 aliphatic carbocycles. The summed E-state index contributed by atoms with van der Waals surface area (Å²) in [5.41, 5.74) is 1.19. The van der Waals surface area contributed by atoms with Gasteiger partial charge in [0.25, 0.3) is 0 Å². The predicted octanol–water partition coefficient (Wildman–Crippen LogP) is 4.50. The summed E-state index contributed by atoms with van der Waals surface area (Å²) >= 11 is 6.03. The Balaban J connectivity index is 1.73. The largest absolute Gasteiger partial charge is 0.478 e. The third-order valence-corrected chi connectivity index (χ3v) is 5.64. The fraction of sp³-hybridized carbons (Fsp3) is 0.238. The molecule has 0 spiro atoms. The van der Waals surface area contributed by atoms with Crippen molar-refractivity contribution in [1.29, 1.82) is 0 Å². The van der Waals surface area contributed by atoms with Crippen LogP contribution in [0.2, 0.25) is 5.02 Å². The topological polar surface area (TPSA) is 56.5 Å². The Morgan fingerprint density at radius 2 is 1.88 bits per heavy atom. The fourth-order valence-electron chi connectivity index (χ4n) is 4.21. The van der Waals surface area contributed by atoms with Gasteiger partial charge >= 0.3 is 0 Å². The number of ketones is 1. The minimum Gasteiger partial charge on any atom is -0.478 e. The summed E-state index contributed by atoms with van der Waals surface area (Å²) in [6.07, 6.45) is -0.331. The van der Waals surface area contributed by atoms with Gasteiger partial charge in [0.1, 0.15) is 17.5 Å². The quantitative estimate of drug-likeness (QED) is 0.670. The summed E-state index contributed by atoms with van der Waals surface area (Å²) in [6, 6.07) is 14.7. The van der Waals surface area contributed by atoms with Crippen molar-refractivity contribution in [1.82, 2.24) is 0 Å². The second-order valence-corrected chi connectivity index (χ2v) is 7.39. The Morgan fingerprint density at radius 3 is 2.62 bits per heavy atom. The van der Waals surface area contributed by atoms with Gasteiger partial charge in [-0.2, -0.15) is 0 Å². The molecule has 4 nitrogen and oxygen atoms in total. The molecule has 2 aliphatic rings. The summed E-state index contributed by atoms with van der Waals surface area (Å²) in [5.74, 6) is 0.482. The third-order valence-electron chi connectivity index (χ3n) is 5.41. The van der Waals surface area contributed by atoms with Crippen LogP contribution in [0, 0.1) is 11.8 Å². The van der Waals surface area contributed by atoms with E-state index < -0.39 is 0 Å². The summed E-state index contributed by atoms with van der Waals surface area (Å²) in [5, 5.41) is 0.854. The number of Topliss-reactive ketones (excluding diaryl/α,β-unsaturated/α-hetero) is 1. The molecule has 4 atom stereocenters. The average molecular weight is 367 g/mol. The highest BCUT2D eigenvalue weighted by molar-refractivity contribution is 6.31. The van der Waals surface area contributed by atoms with Crippen molar-refractivity contribution in [3.05, 3.63) is 75.1 Å². The second-order valence-electron chi connectivity index (χ2n) is 6.95. The molecule has 26 heavy (non-hydrogen) atoms. The molecule has 1 aliphatic heterocycles. The van der Waals surface area contributed by atoms with Gasteiger partial charge in [0.2, 0.25) is 11.2 Å². The van der Waals surface area contributed by atoms with Crippen LogP contribution in [0.5, 0.6) is 5.75 Å². The normalized spacial score (nSPS) is 25.9. The van der Waals surface area contributed by atoms with Crippen LogP contribution in [0.4, 0.5) is 0 Å². The molecule has 0 bridgehead atoms. The number of fused-ring (bicyclic) bond motifs is 4. The third kappa shape index (κ3) is 2.15. The Labute approximate surface area is 154 Å². The lowest BCUT2D eigenvalue weighted by Gasteiger charge is -2.24. The van der Waals surface area contributed by atoms with E-state index in [0.29, 0.717) is 21.8 Å². The zero-order chi connectivity index (χ0) is 18.0. The molecule has 1 fully saturated rings. The number of ether oxygens (including phenoxy) is 1. The molecule has 5 rings (SSSR count). The lowest BCUT2D eigenvalue weighted by atomic mass is 10.00. The first kappa shape index (κ1) is 15.6. The van der Waals surface area contributed by atoms with Gasteiger partial charge in [-0.25, -0.2) is 0 Å². The highest BCUT2D eigenvalue weighted by Crippen LogP contribution is 2.65. The molecule has 0 saturated heterocycles. The molecule has 2 heterocycles. The number of benzene rings is 2. The number of hydrogen-bond acceptors (Lipinski definition) is 4. The van der Waals surface area contributed by atoms with E-state index in [-0.39, 0.29) is 40.8 Å². The van der Waals surface area contributed by atoms with E-state index in [1.807, 2.05) is 30.3 Å². The molecule has 0 radical (unpaired) electrons. The van der Waals surface area contributed by atoms with Gasteiger partial charge in [0.15, 0.2) is 5.76 Å². The zero-order valence-corrected chi connectivity index (χ0v) is 14.7. The van der Waals surface area contributed by atoms with Crippen molar-refractivity contribution in [2.75, 3.05) is 0 Å². The van der Waals surface area contributed by atoms with Gasteiger partial charge in [-0.3, -0.25) is 9.59 Å². The molecule has 130 valence electrons. The van der Waals surface area contributed by atoms with E-state index in [9.17, 15) is 9.59 Å². The molecule has 1 aromatic heterocycles. The van der Waals surface area contributed by atoms with Crippen LogP contribution in [0.15, 0.2) is 57.7 Å². The van der Waals surface area contributed by atoms with Crippen molar-refractivity contribution in [2.45, 2.75) is 18.9 Å². The molecule has 1 saturated carbocycles. The molecule has 5 heteroatoms. The van der Waals surface area contributed by atoms with Crippen LogP contribution in [-0.4, -0.2) is 5.78 Å². The van der Waals surface area contributed by atoms with E-state index in [2.05, 4.69) is 0 Å². The molecule has 0 amide bonds. The Bertz CT molecular complexity index is 1100. The van der Waals surface area contributed by atoms with Crippen molar-refractivity contribution >= 4 is 28.4 Å². The van der Waals surface area contributed by atoms with Crippen LogP contribution in [-0.2, 0) is 4.79 Å². The first-order chi connectivity index (χ1) is 12.6.